The Kier molecular flexibility index (Phi) is 4.92. The van der Waals surface area contributed by atoms with Gasteiger partial charge in [-0.1, -0.05) is 41.9 Å². The molecule has 2 heterocycles. The van der Waals surface area contributed by atoms with Crippen molar-refractivity contribution in [3.63, 3.8) is 0 Å². The zero-order chi connectivity index (χ0) is 20.5. The molecule has 0 radical (unpaired) electrons. The molecule has 0 bridgehead atoms. The van der Waals surface area contributed by atoms with Gasteiger partial charge in [0.15, 0.2) is 0 Å². The van der Waals surface area contributed by atoms with E-state index in [0.29, 0.717) is 27.1 Å². The Balaban J connectivity index is 1.72. The van der Waals surface area contributed by atoms with E-state index in [-0.39, 0.29) is 16.1 Å². The molecule has 0 aliphatic heterocycles. The van der Waals surface area contributed by atoms with Crippen LogP contribution in [0, 0.1) is 0 Å². The minimum atomic E-state index is -1.20. The number of amides is 1. The molecular weight excluding hydrogens is 414 g/mol. The molecule has 8 heteroatoms. The number of carbonyl (C=O) groups is 2. The highest BCUT2D eigenvalue weighted by Crippen LogP contribution is 2.36. The van der Waals surface area contributed by atoms with E-state index in [4.69, 9.17) is 16.0 Å². The molecule has 1 amide bonds. The highest BCUT2D eigenvalue weighted by atomic mass is 35.5. The normalized spacial score (nSPS) is 10.8. The van der Waals surface area contributed by atoms with Gasteiger partial charge < -0.3 is 14.8 Å². The van der Waals surface area contributed by atoms with Crippen molar-refractivity contribution in [2.45, 2.75) is 0 Å². The van der Waals surface area contributed by atoms with Gasteiger partial charge in [0.25, 0.3) is 5.91 Å². The van der Waals surface area contributed by atoms with Gasteiger partial charge in [-0.25, -0.2) is 9.59 Å². The maximum atomic E-state index is 12.7. The lowest BCUT2D eigenvalue weighted by Gasteiger charge is -2.06. The van der Waals surface area contributed by atoms with Crippen molar-refractivity contribution in [1.82, 2.24) is 0 Å². The van der Waals surface area contributed by atoms with E-state index in [2.05, 4.69) is 5.32 Å². The molecule has 0 aliphatic carbocycles. The second-order valence-corrected chi connectivity index (χ2v) is 7.42. The van der Waals surface area contributed by atoms with Crippen LogP contribution in [0.15, 0.2) is 69.2 Å². The number of halogens is 1. The van der Waals surface area contributed by atoms with Gasteiger partial charge in [0.2, 0.25) is 0 Å². The average molecular weight is 426 g/mol. The Bertz CT molecular complexity index is 1310. The van der Waals surface area contributed by atoms with Gasteiger partial charge in [-0.15, -0.1) is 11.3 Å². The zero-order valence-electron chi connectivity index (χ0n) is 14.6. The number of carboxylic acids is 1. The Morgan fingerprint density at radius 3 is 2.52 bits per heavy atom. The van der Waals surface area contributed by atoms with Gasteiger partial charge in [-0.2, -0.15) is 0 Å². The molecule has 0 aliphatic rings. The van der Waals surface area contributed by atoms with Crippen molar-refractivity contribution in [3.05, 3.63) is 86.5 Å². The first kappa shape index (κ1) is 18.9. The van der Waals surface area contributed by atoms with Crippen LogP contribution >= 0.6 is 22.9 Å². The van der Waals surface area contributed by atoms with Crippen molar-refractivity contribution in [2.75, 3.05) is 5.32 Å². The number of carbonyl (C=O) groups excluding carboxylic acids is 1. The molecule has 0 saturated heterocycles. The molecule has 6 nitrogen and oxygen atoms in total. The first-order chi connectivity index (χ1) is 13.9. The van der Waals surface area contributed by atoms with Gasteiger partial charge in [-0.05, 0) is 29.8 Å². The Labute approximate surface area is 173 Å². The third-order valence-corrected chi connectivity index (χ3v) is 5.42. The number of para-hydroxylation sites is 1. The fourth-order valence-corrected chi connectivity index (χ4v) is 3.98. The minimum absolute atomic E-state index is 0.0594. The van der Waals surface area contributed by atoms with E-state index in [1.165, 1.54) is 6.07 Å². The molecule has 0 fully saturated rings. The number of nitrogens with one attached hydrogen (secondary N) is 1. The predicted octanol–water partition coefficient (Wildman–Crippen LogP) is 5.13. The number of thiophene rings is 1. The van der Waals surface area contributed by atoms with Gasteiger partial charge in [0.05, 0.1) is 0 Å². The van der Waals surface area contributed by atoms with Crippen molar-refractivity contribution < 1.29 is 19.1 Å². The van der Waals surface area contributed by atoms with Crippen molar-refractivity contribution in [1.29, 1.82) is 0 Å². The van der Waals surface area contributed by atoms with Gasteiger partial charge in [0, 0.05) is 21.4 Å². The molecular formula is C21H12ClNO5S. The molecule has 4 rings (SSSR count). The minimum Gasteiger partial charge on any atom is -0.478 e. The second-order valence-electron chi connectivity index (χ2n) is 6.11. The Morgan fingerprint density at radius 2 is 1.79 bits per heavy atom. The van der Waals surface area contributed by atoms with Gasteiger partial charge in [0.1, 0.15) is 21.7 Å². The largest absolute Gasteiger partial charge is 0.478 e. The van der Waals surface area contributed by atoms with E-state index in [1.54, 1.807) is 53.9 Å². The molecule has 2 aromatic heterocycles. The standard InChI is InChI=1S/C21H12ClNO5S/c22-13-7-5-11(6-8-13)15-10-29-19(17(15)20(25)26)23-18(24)14-9-12-3-1-2-4-16(12)28-21(14)27/h1-10H,(H,23,24)(H,25,26). The molecule has 2 N–H and O–H groups in total. The lowest BCUT2D eigenvalue weighted by Crippen LogP contribution is -2.21. The summed E-state index contributed by atoms with van der Waals surface area (Å²) in [5, 5.41) is 15.1. The smallest absolute Gasteiger partial charge is 0.349 e. The number of rotatable bonds is 4. The molecule has 2 aromatic carbocycles. The summed E-state index contributed by atoms with van der Waals surface area (Å²) in [4.78, 5) is 36.7. The Morgan fingerprint density at radius 1 is 1.07 bits per heavy atom. The number of anilines is 1. The third kappa shape index (κ3) is 3.65. The molecule has 29 heavy (non-hydrogen) atoms. The van der Waals surface area contributed by atoms with Crippen LogP contribution in [0.1, 0.15) is 20.7 Å². The highest BCUT2D eigenvalue weighted by molar-refractivity contribution is 7.15. The van der Waals surface area contributed by atoms with Crippen LogP contribution in [0.2, 0.25) is 5.02 Å². The number of carboxylic acid groups (broad SMARTS) is 1. The Hall–Kier alpha value is -3.42. The average Bonchev–Trinajstić information content (AvgIpc) is 3.11. The predicted molar refractivity (Wildman–Crippen MR) is 112 cm³/mol. The van der Waals surface area contributed by atoms with Crippen LogP contribution in [-0.2, 0) is 0 Å². The first-order valence-corrected chi connectivity index (χ1v) is 9.65. The fourth-order valence-electron chi connectivity index (χ4n) is 2.89. The summed E-state index contributed by atoms with van der Waals surface area (Å²) in [5.41, 5.74) is 0.389. The van der Waals surface area contributed by atoms with Crippen LogP contribution in [0.5, 0.6) is 0 Å². The number of hydrogen-bond donors (Lipinski definition) is 2. The van der Waals surface area contributed by atoms with Crippen molar-refractivity contribution in [3.8, 4) is 11.1 Å². The molecule has 144 valence electrons. The summed E-state index contributed by atoms with van der Waals surface area (Å²) in [6.45, 7) is 0. The fraction of sp³-hybridized carbons (Fsp3) is 0. The lowest BCUT2D eigenvalue weighted by atomic mass is 10.0. The number of hydrogen-bond acceptors (Lipinski definition) is 5. The number of benzene rings is 2. The summed E-state index contributed by atoms with van der Waals surface area (Å²) in [6, 6.07) is 14.9. The topological polar surface area (TPSA) is 96.6 Å². The first-order valence-electron chi connectivity index (χ1n) is 8.39. The van der Waals surface area contributed by atoms with Crippen LogP contribution in [0.25, 0.3) is 22.1 Å². The van der Waals surface area contributed by atoms with Crippen LogP contribution in [0.3, 0.4) is 0 Å². The second kappa shape index (κ2) is 7.54. The maximum Gasteiger partial charge on any atom is 0.349 e. The summed E-state index contributed by atoms with van der Waals surface area (Å²) in [5.74, 6) is -1.94. The van der Waals surface area contributed by atoms with E-state index >= 15 is 0 Å². The monoisotopic (exact) mass is 425 g/mol. The van der Waals surface area contributed by atoms with Crippen LogP contribution < -0.4 is 10.9 Å². The lowest BCUT2D eigenvalue weighted by molar-refractivity contribution is 0.0699. The third-order valence-electron chi connectivity index (χ3n) is 4.27. The van der Waals surface area contributed by atoms with Crippen LogP contribution in [-0.4, -0.2) is 17.0 Å². The quantitative estimate of drug-likeness (QED) is 0.442. The molecule has 4 aromatic rings. The van der Waals surface area contributed by atoms with Crippen LogP contribution in [0.4, 0.5) is 5.00 Å². The highest BCUT2D eigenvalue weighted by Gasteiger charge is 2.23. The summed E-state index contributed by atoms with van der Waals surface area (Å²) in [7, 11) is 0. The van der Waals surface area contributed by atoms with E-state index in [0.717, 1.165) is 11.3 Å². The van der Waals surface area contributed by atoms with Gasteiger partial charge >= 0.3 is 11.6 Å². The summed E-state index contributed by atoms with van der Waals surface area (Å²) < 4.78 is 5.17. The maximum absolute atomic E-state index is 12.7. The van der Waals surface area contributed by atoms with E-state index in [9.17, 15) is 19.5 Å². The van der Waals surface area contributed by atoms with E-state index < -0.39 is 17.5 Å². The van der Waals surface area contributed by atoms with Crippen molar-refractivity contribution in [2.24, 2.45) is 0 Å². The number of fused-ring (bicyclic) bond motifs is 1. The van der Waals surface area contributed by atoms with Crippen molar-refractivity contribution >= 4 is 50.8 Å². The molecule has 0 spiro atoms. The van der Waals surface area contributed by atoms with E-state index in [1.807, 2.05) is 0 Å². The summed E-state index contributed by atoms with van der Waals surface area (Å²) in [6.07, 6.45) is 0. The van der Waals surface area contributed by atoms with Gasteiger partial charge in [-0.3, -0.25) is 4.79 Å². The molecule has 0 atom stereocenters. The molecule has 0 unspecified atom stereocenters. The SMILES string of the molecule is O=C(O)c1c(-c2ccc(Cl)cc2)csc1NC(=O)c1cc2ccccc2oc1=O. The number of aromatic carboxylic acids is 1. The summed E-state index contributed by atoms with van der Waals surface area (Å²) >= 11 is 6.95. The zero-order valence-corrected chi connectivity index (χ0v) is 16.2. The molecule has 0 saturated carbocycles.